The number of nitrogens with two attached hydrogens (primary N) is 1. The van der Waals surface area contributed by atoms with Crippen LogP contribution in [0.2, 0.25) is 0 Å². The number of anilines is 1. The van der Waals surface area contributed by atoms with Crippen molar-refractivity contribution in [2.24, 2.45) is 0 Å². The number of thiophene rings is 1. The maximum absolute atomic E-state index is 12.9. The molecule has 1 heterocycles. The van der Waals surface area contributed by atoms with E-state index in [2.05, 4.69) is 4.74 Å². The number of allylic oxidation sites excluding steroid dienone is 2. The number of halogens is 3. The predicted molar refractivity (Wildman–Crippen MR) is 98.2 cm³/mol. The Labute approximate surface area is 151 Å². The molecule has 0 amide bonds. The van der Waals surface area contributed by atoms with Crippen molar-refractivity contribution in [1.29, 1.82) is 0 Å². The predicted octanol–water partition coefficient (Wildman–Crippen LogP) is 5.57. The first-order valence-corrected chi connectivity index (χ1v) is 8.98. The van der Waals surface area contributed by atoms with Crippen LogP contribution >= 0.6 is 11.3 Å². The molecule has 2 N–H and O–H groups in total. The summed E-state index contributed by atoms with van der Waals surface area (Å²) in [5.74, 6) is -0.296. The largest absolute Gasteiger partial charge is 0.390 e. The Bertz CT molecular complexity index is 583. The molecule has 0 spiro atoms. The number of ether oxygens (including phenoxy) is 1. The Morgan fingerprint density at radius 3 is 2.56 bits per heavy atom. The van der Waals surface area contributed by atoms with Crippen LogP contribution in [-0.2, 0) is 11.2 Å². The minimum absolute atomic E-state index is 0.0242. The lowest BCUT2D eigenvalue weighted by Gasteiger charge is -2.18. The van der Waals surface area contributed by atoms with E-state index in [0.29, 0.717) is 10.6 Å². The number of ketones is 1. The molecule has 1 rings (SSSR count). The van der Waals surface area contributed by atoms with Crippen molar-refractivity contribution in [2.45, 2.75) is 52.7 Å². The fourth-order valence-corrected chi connectivity index (χ4v) is 2.73. The molecule has 3 nitrogen and oxygen atoms in total. The SMILES string of the molecule is C/C=C\C(C/C=C/C(=O)c1cc(CC)sc1N)OC(F)(F)CF.CC. The zero-order valence-corrected chi connectivity index (χ0v) is 15.8. The summed E-state index contributed by atoms with van der Waals surface area (Å²) in [6.07, 6.45) is 1.55. The highest BCUT2D eigenvalue weighted by Crippen LogP contribution is 2.26. The zero-order chi connectivity index (χ0) is 19.5. The summed E-state index contributed by atoms with van der Waals surface area (Å²) in [6, 6.07) is 1.73. The molecule has 7 heteroatoms. The number of carbonyl (C=O) groups excluding carboxylic acids is 1. The minimum Gasteiger partial charge on any atom is -0.390 e. The zero-order valence-electron chi connectivity index (χ0n) is 15.0. The van der Waals surface area contributed by atoms with Crippen LogP contribution in [0.5, 0.6) is 0 Å². The van der Waals surface area contributed by atoms with Crippen molar-refractivity contribution in [3.63, 3.8) is 0 Å². The van der Waals surface area contributed by atoms with Gasteiger partial charge in [-0.3, -0.25) is 4.79 Å². The van der Waals surface area contributed by atoms with Crippen molar-refractivity contribution in [3.8, 4) is 0 Å². The van der Waals surface area contributed by atoms with Gasteiger partial charge in [0.2, 0.25) is 0 Å². The summed E-state index contributed by atoms with van der Waals surface area (Å²) >= 11 is 1.35. The molecule has 0 bridgehead atoms. The first kappa shape index (κ1) is 23.4. The van der Waals surface area contributed by atoms with Crippen LogP contribution in [0.4, 0.5) is 18.2 Å². The first-order chi connectivity index (χ1) is 11.8. The molecule has 0 saturated heterocycles. The number of nitrogen functional groups attached to an aromatic ring is 1. The van der Waals surface area contributed by atoms with Gasteiger partial charge in [-0.05, 0) is 31.9 Å². The monoisotopic (exact) mass is 377 g/mol. The lowest BCUT2D eigenvalue weighted by Crippen LogP contribution is -2.28. The van der Waals surface area contributed by atoms with Crippen LogP contribution in [-0.4, -0.2) is 24.7 Å². The van der Waals surface area contributed by atoms with E-state index in [1.165, 1.54) is 35.6 Å². The number of hydrogen-bond acceptors (Lipinski definition) is 4. The molecule has 1 aromatic rings. The van der Waals surface area contributed by atoms with Crippen molar-refractivity contribution in [1.82, 2.24) is 0 Å². The van der Waals surface area contributed by atoms with Crippen LogP contribution < -0.4 is 5.73 Å². The van der Waals surface area contributed by atoms with Gasteiger partial charge in [0, 0.05) is 4.88 Å². The number of alkyl halides is 3. The second kappa shape index (κ2) is 11.9. The molecule has 0 aliphatic heterocycles. The number of hydrogen-bond donors (Lipinski definition) is 1. The van der Waals surface area contributed by atoms with E-state index in [9.17, 15) is 18.0 Å². The Balaban J connectivity index is 0.00000277. The molecule has 0 saturated carbocycles. The smallest absolute Gasteiger partial charge is 0.384 e. The highest BCUT2D eigenvalue weighted by atomic mass is 32.1. The molecule has 0 aromatic carbocycles. The molecule has 0 aliphatic carbocycles. The van der Waals surface area contributed by atoms with Gasteiger partial charge >= 0.3 is 6.11 Å². The van der Waals surface area contributed by atoms with E-state index in [1.54, 1.807) is 13.0 Å². The van der Waals surface area contributed by atoms with Gasteiger partial charge in [0.05, 0.1) is 16.7 Å². The van der Waals surface area contributed by atoms with Gasteiger partial charge in [-0.15, -0.1) is 11.3 Å². The van der Waals surface area contributed by atoms with E-state index < -0.39 is 18.9 Å². The van der Waals surface area contributed by atoms with Gasteiger partial charge in [-0.1, -0.05) is 39.0 Å². The number of aryl methyl sites for hydroxylation is 1. The van der Waals surface area contributed by atoms with Crippen LogP contribution in [0.15, 0.2) is 30.4 Å². The summed E-state index contributed by atoms with van der Waals surface area (Å²) in [6.45, 7) is 5.70. The molecule has 1 aromatic heterocycles. The van der Waals surface area contributed by atoms with E-state index >= 15 is 0 Å². The highest BCUT2D eigenvalue weighted by Gasteiger charge is 2.32. The van der Waals surface area contributed by atoms with Gasteiger partial charge in [-0.2, -0.15) is 8.78 Å². The Hall–Kier alpha value is -1.60. The van der Waals surface area contributed by atoms with Crippen molar-refractivity contribution >= 4 is 22.1 Å². The first-order valence-electron chi connectivity index (χ1n) is 8.16. The van der Waals surface area contributed by atoms with Gasteiger partial charge in [-0.25, -0.2) is 4.39 Å². The van der Waals surface area contributed by atoms with Crippen LogP contribution in [0.25, 0.3) is 0 Å². The van der Waals surface area contributed by atoms with E-state index in [0.717, 1.165) is 11.3 Å². The highest BCUT2D eigenvalue weighted by molar-refractivity contribution is 7.16. The molecular formula is C18H26F3NO2S. The summed E-state index contributed by atoms with van der Waals surface area (Å²) in [7, 11) is 0. The number of rotatable bonds is 9. The maximum Gasteiger partial charge on any atom is 0.384 e. The van der Waals surface area contributed by atoms with E-state index in [-0.39, 0.29) is 12.2 Å². The van der Waals surface area contributed by atoms with E-state index in [1.807, 2.05) is 20.8 Å². The van der Waals surface area contributed by atoms with Gasteiger partial charge in [0.25, 0.3) is 0 Å². The summed E-state index contributed by atoms with van der Waals surface area (Å²) in [5.41, 5.74) is 6.19. The van der Waals surface area contributed by atoms with Crippen molar-refractivity contribution in [3.05, 3.63) is 40.8 Å². The molecule has 0 radical (unpaired) electrons. The van der Waals surface area contributed by atoms with Gasteiger partial charge in [0.1, 0.15) is 0 Å². The Morgan fingerprint density at radius 2 is 2.08 bits per heavy atom. The standard InChI is InChI=1S/C16H20F3NO2S.C2H6/c1-3-6-11(22-16(18,19)10-17)7-5-8-14(21)13-9-12(4-2)23-15(13)20;1-2/h3,5-6,8-9,11H,4,7,10,20H2,1-2H3;1-2H3/b6-3-,8-5+;. The normalized spacial score (nSPS) is 13.1. The molecule has 25 heavy (non-hydrogen) atoms. The minimum atomic E-state index is -3.84. The topological polar surface area (TPSA) is 52.3 Å². The lowest BCUT2D eigenvalue weighted by molar-refractivity contribution is -0.260. The van der Waals surface area contributed by atoms with Crippen LogP contribution in [0.3, 0.4) is 0 Å². The van der Waals surface area contributed by atoms with Gasteiger partial charge < -0.3 is 10.5 Å². The average Bonchev–Trinajstić information content (AvgIpc) is 2.97. The summed E-state index contributed by atoms with van der Waals surface area (Å²) < 4.78 is 42.4. The molecular weight excluding hydrogens is 351 g/mol. The second-order valence-corrected chi connectivity index (χ2v) is 5.97. The Kier molecular flexibility index (Phi) is 11.1. The second-order valence-electron chi connectivity index (χ2n) is 4.80. The van der Waals surface area contributed by atoms with Crippen molar-refractivity contribution < 1.29 is 22.7 Å². The van der Waals surface area contributed by atoms with Gasteiger partial charge in [0.15, 0.2) is 12.5 Å². The summed E-state index contributed by atoms with van der Waals surface area (Å²) in [4.78, 5) is 13.0. The fourth-order valence-electron chi connectivity index (χ4n) is 1.86. The van der Waals surface area contributed by atoms with Crippen LogP contribution in [0.1, 0.15) is 49.4 Å². The third kappa shape index (κ3) is 8.36. The molecule has 1 unspecified atom stereocenters. The molecule has 0 fully saturated rings. The lowest BCUT2D eigenvalue weighted by atomic mass is 10.1. The Morgan fingerprint density at radius 1 is 1.44 bits per heavy atom. The summed E-state index contributed by atoms with van der Waals surface area (Å²) in [5, 5.41) is 0.432. The molecule has 142 valence electrons. The average molecular weight is 377 g/mol. The fraction of sp³-hybridized carbons (Fsp3) is 0.500. The number of carbonyl (C=O) groups is 1. The maximum atomic E-state index is 12.9. The molecule has 0 aliphatic rings. The third-order valence-electron chi connectivity index (χ3n) is 2.95. The molecule has 1 atom stereocenters. The van der Waals surface area contributed by atoms with Crippen LogP contribution in [0, 0.1) is 0 Å². The van der Waals surface area contributed by atoms with E-state index in [4.69, 9.17) is 5.73 Å². The quantitative estimate of drug-likeness (QED) is 0.348. The van der Waals surface area contributed by atoms with Crippen molar-refractivity contribution in [2.75, 3.05) is 12.4 Å². The third-order valence-corrected chi connectivity index (χ3v) is 4.06.